The van der Waals surface area contributed by atoms with Gasteiger partial charge in [0.1, 0.15) is 0 Å². The molecule has 1 amide bonds. The Morgan fingerprint density at radius 1 is 0.852 bits per heavy atom. The number of amides is 1. The van der Waals surface area contributed by atoms with Crippen LogP contribution in [0.15, 0.2) is 53.4 Å². The van der Waals surface area contributed by atoms with Gasteiger partial charge in [-0.2, -0.15) is 0 Å². The van der Waals surface area contributed by atoms with E-state index in [2.05, 4.69) is 17.9 Å². The van der Waals surface area contributed by atoms with Gasteiger partial charge in [0.05, 0.1) is 10.6 Å². The SMILES string of the molecule is CC.CC.CC.CC.O=C(Nc1ccccc1S)c1ccc([N+](=O)[O-])cc1. The molecule has 0 bridgehead atoms. The molecule has 0 aliphatic carbocycles. The number of thiol groups is 1. The van der Waals surface area contributed by atoms with Gasteiger partial charge < -0.3 is 5.32 Å². The first-order valence-electron chi connectivity index (χ1n) is 9.42. The fourth-order valence-electron chi connectivity index (χ4n) is 1.51. The van der Waals surface area contributed by atoms with Gasteiger partial charge in [-0.15, -0.1) is 12.6 Å². The molecule has 0 saturated heterocycles. The topological polar surface area (TPSA) is 72.2 Å². The van der Waals surface area contributed by atoms with E-state index in [1.165, 1.54) is 24.3 Å². The molecule has 0 aromatic heterocycles. The highest BCUT2D eigenvalue weighted by Crippen LogP contribution is 2.20. The third kappa shape index (κ3) is 11.8. The minimum atomic E-state index is -0.509. The smallest absolute Gasteiger partial charge is 0.269 e. The van der Waals surface area contributed by atoms with Gasteiger partial charge in [-0.3, -0.25) is 14.9 Å². The standard InChI is InChI=1S/C13H10N2O3S.4C2H6/c16-13(14-11-3-1-2-4-12(11)19)9-5-7-10(8-6-9)15(17)18;4*1-2/h1-8,19H,(H,14,16);4*1-2H3. The Kier molecular flexibility index (Phi) is 21.8. The van der Waals surface area contributed by atoms with Gasteiger partial charge in [-0.05, 0) is 24.3 Å². The Labute approximate surface area is 169 Å². The lowest BCUT2D eigenvalue weighted by molar-refractivity contribution is -0.384. The third-order valence-corrected chi connectivity index (χ3v) is 2.88. The lowest BCUT2D eigenvalue weighted by Gasteiger charge is -2.07. The fraction of sp³-hybridized carbons (Fsp3) is 0.381. The van der Waals surface area contributed by atoms with Crippen LogP contribution in [-0.2, 0) is 0 Å². The van der Waals surface area contributed by atoms with Crippen molar-refractivity contribution < 1.29 is 9.72 Å². The van der Waals surface area contributed by atoms with Crippen molar-refractivity contribution in [3.63, 3.8) is 0 Å². The highest BCUT2D eigenvalue weighted by molar-refractivity contribution is 7.80. The average molecular weight is 395 g/mol. The highest BCUT2D eigenvalue weighted by Gasteiger charge is 2.10. The summed E-state index contributed by atoms with van der Waals surface area (Å²) in [5.74, 6) is -0.337. The van der Waals surface area contributed by atoms with Crippen molar-refractivity contribution in [3.05, 3.63) is 64.2 Å². The Morgan fingerprint density at radius 2 is 1.30 bits per heavy atom. The summed E-state index contributed by atoms with van der Waals surface area (Å²) < 4.78 is 0. The maximum Gasteiger partial charge on any atom is 0.269 e. The number of anilines is 1. The van der Waals surface area contributed by atoms with E-state index in [-0.39, 0.29) is 11.6 Å². The van der Waals surface area contributed by atoms with E-state index in [1.807, 2.05) is 61.5 Å². The second-order valence-corrected chi connectivity index (χ2v) is 4.26. The number of para-hydroxylation sites is 1. The number of nitrogens with zero attached hydrogens (tertiary/aromatic N) is 1. The summed E-state index contributed by atoms with van der Waals surface area (Å²) in [5, 5.41) is 13.2. The van der Waals surface area contributed by atoms with Crippen LogP contribution in [0.25, 0.3) is 0 Å². The van der Waals surface area contributed by atoms with E-state index in [1.54, 1.807) is 18.2 Å². The number of carbonyl (C=O) groups excluding carboxylic acids is 1. The Bertz CT molecular complexity index is 630. The van der Waals surface area contributed by atoms with Crippen molar-refractivity contribution in [1.29, 1.82) is 0 Å². The van der Waals surface area contributed by atoms with Crippen LogP contribution in [0.3, 0.4) is 0 Å². The average Bonchev–Trinajstić information content (AvgIpc) is 2.75. The molecule has 1 N–H and O–H groups in total. The number of nitro groups is 1. The van der Waals surface area contributed by atoms with E-state index < -0.39 is 4.92 Å². The van der Waals surface area contributed by atoms with Crippen molar-refractivity contribution in [2.45, 2.75) is 60.3 Å². The predicted molar refractivity (Wildman–Crippen MR) is 120 cm³/mol. The van der Waals surface area contributed by atoms with Crippen molar-refractivity contribution in [2.24, 2.45) is 0 Å². The summed E-state index contributed by atoms with van der Waals surface area (Å²) in [6.45, 7) is 16.0. The lowest BCUT2D eigenvalue weighted by Crippen LogP contribution is -2.12. The Balaban J connectivity index is -0.000000638. The van der Waals surface area contributed by atoms with Crippen molar-refractivity contribution in [1.82, 2.24) is 0 Å². The molecule has 0 atom stereocenters. The van der Waals surface area contributed by atoms with Crippen LogP contribution < -0.4 is 5.32 Å². The van der Waals surface area contributed by atoms with E-state index in [9.17, 15) is 14.9 Å². The van der Waals surface area contributed by atoms with Crippen LogP contribution in [0, 0.1) is 10.1 Å². The summed E-state index contributed by atoms with van der Waals surface area (Å²) in [6.07, 6.45) is 0. The molecule has 2 aromatic carbocycles. The molecule has 0 heterocycles. The van der Waals surface area contributed by atoms with Crippen LogP contribution in [0.5, 0.6) is 0 Å². The zero-order chi connectivity index (χ0) is 21.8. The summed E-state index contributed by atoms with van der Waals surface area (Å²) >= 11 is 4.22. The molecule has 0 aliphatic rings. The number of carbonyl (C=O) groups is 1. The molecule has 6 heteroatoms. The van der Waals surface area contributed by atoms with Gasteiger partial charge in [-0.25, -0.2) is 0 Å². The molecule has 0 fully saturated rings. The molecule has 152 valence electrons. The predicted octanol–water partition coefficient (Wildman–Crippen LogP) is 7.24. The van der Waals surface area contributed by atoms with Crippen LogP contribution >= 0.6 is 12.6 Å². The largest absolute Gasteiger partial charge is 0.321 e. The zero-order valence-corrected chi connectivity index (χ0v) is 18.6. The number of hydrogen-bond acceptors (Lipinski definition) is 4. The van der Waals surface area contributed by atoms with Gasteiger partial charge in [0.15, 0.2) is 0 Å². The van der Waals surface area contributed by atoms with Crippen molar-refractivity contribution in [2.75, 3.05) is 5.32 Å². The Hall–Kier alpha value is -2.34. The van der Waals surface area contributed by atoms with Crippen LogP contribution in [0.2, 0.25) is 0 Å². The molecule has 0 saturated carbocycles. The number of benzene rings is 2. The summed E-state index contributed by atoms with van der Waals surface area (Å²) in [6, 6.07) is 12.5. The normalized spacial score (nSPS) is 7.89. The number of hydrogen-bond donors (Lipinski definition) is 2. The van der Waals surface area contributed by atoms with Gasteiger partial charge in [0.25, 0.3) is 11.6 Å². The number of nitro benzene ring substituents is 1. The molecular weight excluding hydrogens is 360 g/mol. The van der Waals surface area contributed by atoms with Gasteiger partial charge in [0, 0.05) is 22.6 Å². The second-order valence-electron chi connectivity index (χ2n) is 3.78. The van der Waals surface area contributed by atoms with E-state index >= 15 is 0 Å². The third-order valence-electron chi connectivity index (χ3n) is 2.49. The minimum absolute atomic E-state index is 0.0499. The van der Waals surface area contributed by atoms with E-state index in [4.69, 9.17) is 0 Å². The monoisotopic (exact) mass is 394 g/mol. The Morgan fingerprint density at radius 3 is 1.70 bits per heavy atom. The fourth-order valence-corrected chi connectivity index (χ4v) is 1.72. The molecule has 0 spiro atoms. The van der Waals surface area contributed by atoms with Gasteiger partial charge in [0.2, 0.25) is 0 Å². The first-order chi connectivity index (χ1) is 13.1. The number of non-ortho nitro benzene ring substituents is 1. The highest BCUT2D eigenvalue weighted by atomic mass is 32.1. The molecule has 0 radical (unpaired) electrons. The minimum Gasteiger partial charge on any atom is -0.321 e. The zero-order valence-electron chi connectivity index (χ0n) is 17.7. The first-order valence-corrected chi connectivity index (χ1v) is 9.86. The summed E-state index contributed by atoms with van der Waals surface area (Å²) in [7, 11) is 0. The molecule has 2 aromatic rings. The van der Waals surface area contributed by atoms with Crippen molar-refractivity contribution in [3.8, 4) is 0 Å². The van der Waals surface area contributed by atoms with Crippen molar-refractivity contribution >= 4 is 29.9 Å². The molecule has 0 aliphatic heterocycles. The van der Waals surface area contributed by atoms with E-state index in [0.29, 0.717) is 16.1 Å². The quantitative estimate of drug-likeness (QED) is 0.327. The molecule has 2 rings (SSSR count). The molecule has 27 heavy (non-hydrogen) atoms. The summed E-state index contributed by atoms with van der Waals surface area (Å²) in [4.78, 5) is 22.6. The molecule has 0 unspecified atom stereocenters. The van der Waals surface area contributed by atoms with Gasteiger partial charge >= 0.3 is 0 Å². The summed E-state index contributed by atoms with van der Waals surface area (Å²) in [5.41, 5.74) is 0.891. The maximum atomic E-state index is 11.9. The lowest BCUT2D eigenvalue weighted by atomic mass is 10.2. The van der Waals surface area contributed by atoms with Crippen LogP contribution in [-0.4, -0.2) is 10.8 Å². The first kappa shape index (κ1) is 29.4. The van der Waals surface area contributed by atoms with Crippen LogP contribution in [0.1, 0.15) is 65.7 Å². The number of rotatable bonds is 3. The number of nitrogens with one attached hydrogen (secondary N) is 1. The molecule has 5 nitrogen and oxygen atoms in total. The van der Waals surface area contributed by atoms with Gasteiger partial charge in [-0.1, -0.05) is 67.5 Å². The molecular formula is C21H34N2O3S. The second kappa shape index (κ2) is 20.0. The maximum absolute atomic E-state index is 11.9. The van der Waals surface area contributed by atoms with E-state index in [0.717, 1.165) is 0 Å². The van der Waals surface area contributed by atoms with Crippen LogP contribution in [0.4, 0.5) is 11.4 Å².